The highest BCUT2D eigenvalue weighted by molar-refractivity contribution is 5.81. The molecule has 0 atom stereocenters. The van der Waals surface area contributed by atoms with E-state index in [2.05, 4.69) is 36.9 Å². The van der Waals surface area contributed by atoms with E-state index in [0.29, 0.717) is 6.54 Å². The average molecular weight is 336 g/mol. The fourth-order valence-corrected chi connectivity index (χ4v) is 3.20. The van der Waals surface area contributed by atoms with Crippen molar-refractivity contribution in [1.82, 2.24) is 24.4 Å². The van der Waals surface area contributed by atoms with Crippen molar-refractivity contribution in [1.29, 1.82) is 0 Å². The van der Waals surface area contributed by atoms with Gasteiger partial charge in [0.25, 0.3) is 0 Å². The fourth-order valence-electron chi connectivity index (χ4n) is 3.20. The molecule has 0 N–H and O–H groups in total. The van der Waals surface area contributed by atoms with Crippen LogP contribution < -0.4 is 10.6 Å². The molecule has 3 heterocycles. The predicted molar refractivity (Wildman–Crippen MR) is 96.7 cm³/mol. The average Bonchev–Trinajstić information content (AvgIpc) is 2.67. The summed E-state index contributed by atoms with van der Waals surface area (Å²) < 4.78 is 1.66. The quantitative estimate of drug-likeness (QED) is 0.708. The minimum Gasteiger partial charge on any atom is -0.369 e. The Morgan fingerprint density at radius 3 is 2.76 bits per heavy atom. The zero-order valence-corrected chi connectivity index (χ0v) is 14.0. The number of hydrogen-bond acceptors (Lipinski definition) is 6. The second kappa shape index (κ2) is 6.98. The van der Waals surface area contributed by atoms with Gasteiger partial charge in [0.05, 0.1) is 5.52 Å². The third-order valence-corrected chi connectivity index (χ3v) is 4.67. The van der Waals surface area contributed by atoms with Gasteiger partial charge < -0.3 is 4.90 Å². The molecule has 25 heavy (non-hydrogen) atoms. The smallest absolute Gasteiger partial charge is 0.347 e. The Morgan fingerprint density at radius 1 is 1.04 bits per heavy atom. The second-order valence-electron chi connectivity index (χ2n) is 6.19. The van der Waals surface area contributed by atoms with E-state index in [0.717, 1.165) is 43.6 Å². The maximum atomic E-state index is 11.7. The molecule has 0 aliphatic carbocycles. The third-order valence-electron chi connectivity index (χ3n) is 4.67. The van der Waals surface area contributed by atoms with Crippen molar-refractivity contribution < 1.29 is 0 Å². The third kappa shape index (κ3) is 3.51. The van der Waals surface area contributed by atoms with Gasteiger partial charge in [0.2, 0.25) is 0 Å². The molecule has 0 radical (unpaired) electrons. The van der Waals surface area contributed by atoms with Gasteiger partial charge in [-0.25, -0.2) is 19.7 Å². The van der Waals surface area contributed by atoms with E-state index in [1.54, 1.807) is 23.2 Å². The molecule has 7 heteroatoms. The summed E-state index contributed by atoms with van der Waals surface area (Å²) in [6, 6.07) is 8.12. The van der Waals surface area contributed by atoms with Crippen LogP contribution in [0.4, 0.5) is 5.69 Å². The van der Waals surface area contributed by atoms with Crippen LogP contribution in [0, 0.1) is 0 Å². The molecule has 1 saturated heterocycles. The molecule has 0 saturated carbocycles. The Morgan fingerprint density at radius 2 is 1.92 bits per heavy atom. The monoisotopic (exact) mass is 336 g/mol. The first-order valence-electron chi connectivity index (χ1n) is 8.48. The highest BCUT2D eigenvalue weighted by atomic mass is 16.1. The van der Waals surface area contributed by atoms with Crippen LogP contribution in [0.2, 0.25) is 0 Å². The zero-order chi connectivity index (χ0) is 17.1. The Kier molecular flexibility index (Phi) is 4.39. The first-order valence-corrected chi connectivity index (χ1v) is 8.48. The first-order chi connectivity index (χ1) is 12.3. The molecule has 7 nitrogen and oxygen atoms in total. The number of hydrogen-bond donors (Lipinski definition) is 0. The van der Waals surface area contributed by atoms with Crippen molar-refractivity contribution in [3.8, 4) is 0 Å². The number of anilines is 1. The van der Waals surface area contributed by atoms with Crippen LogP contribution in [0.3, 0.4) is 0 Å². The van der Waals surface area contributed by atoms with Crippen LogP contribution >= 0.6 is 0 Å². The van der Waals surface area contributed by atoms with Gasteiger partial charge in [0, 0.05) is 68.9 Å². The summed E-state index contributed by atoms with van der Waals surface area (Å²) in [4.78, 5) is 28.6. The van der Waals surface area contributed by atoms with Crippen LogP contribution in [0.25, 0.3) is 10.9 Å². The lowest BCUT2D eigenvalue weighted by Gasteiger charge is -2.36. The van der Waals surface area contributed by atoms with Gasteiger partial charge in [-0.15, -0.1) is 0 Å². The van der Waals surface area contributed by atoms with Gasteiger partial charge >= 0.3 is 5.69 Å². The molecule has 0 bridgehead atoms. The molecule has 2 aromatic heterocycles. The molecule has 1 aliphatic heterocycles. The van der Waals surface area contributed by atoms with Crippen molar-refractivity contribution in [2.75, 3.05) is 37.6 Å². The predicted octanol–water partition coefficient (Wildman–Crippen LogP) is 1.01. The largest absolute Gasteiger partial charge is 0.369 e. The van der Waals surface area contributed by atoms with Crippen molar-refractivity contribution >= 4 is 16.6 Å². The van der Waals surface area contributed by atoms with Gasteiger partial charge in [-0.2, -0.15) is 0 Å². The maximum Gasteiger partial charge on any atom is 0.347 e. The molecule has 4 rings (SSSR count). The number of piperazine rings is 1. The molecule has 0 amide bonds. The van der Waals surface area contributed by atoms with E-state index in [1.807, 2.05) is 12.3 Å². The lowest BCUT2D eigenvalue weighted by atomic mass is 10.2. The van der Waals surface area contributed by atoms with Gasteiger partial charge in [-0.3, -0.25) is 9.47 Å². The van der Waals surface area contributed by atoms with Crippen molar-refractivity contribution in [2.24, 2.45) is 0 Å². The van der Waals surface area contributed by atoms with Gasteiger partial charge in [-0.05, 0) is 24.3 Å². The fraction of sp³-hybridized carbons (Fsp3) is 0.333. The van der Waals surface area contributed by atoms with Crippen LogP contribution in [0.1, 0.15) is 0 Å². The maximum absolute atomic E-state index is 11.7. The molecule has 0 unspecified atom stereocenters. The van der Waals surface area contributed by atoms with E-state index >= 15 is 0 Å². The van der Waals surface area contributed by atoms with E-state index in [4.69, 9.17) is 0 Å². The highest BCUT2D eigenvalue weighted by Gasteiger charge is 2.17. The van der Waals surface area contributed by atoms with Crippen molar-refractivity contribution in [2.45, 2.75) is 6.54 Å². The lowest BCUT2D eigenvalue weighted by molar-refractivity contribution is 0.246. The van der Waals surface area contributed by atoms with E-state index in [-0.39, 0.29) is 5.69 Å². The number of fused-ring (bicyclic) bond motifs is 1. The number of rotatable bonds is 4. The van der Waals surface area contributed by atoms with E-state index < -0.39 is 0 Å². The van der Waals surface area contributed by atoms with E-state index in [1.165, 1.54) is 11.9 Å². The molecule has 1 fully saturated rings. The lowest BCUT2D eigenvalue weighted by Crippen LogP contribution is -2.47. The Balaban J connectivity index is 1.36. The SMILES string of the molecule is O=c1ncccn1CCN1CCN(c2ccc3ncncc3c2)CC1. The molecule has 1 aliphatic rings. The molecule has 1 aromatic carbocycles. The summed E-state index contributed by atoms with van der Waals surface area (Å²) in [7, 11) is 0. The van der Waals surface area contributed by atoms with Gasteiger partial charge in [0.15, 0.2) is 0 Å². The zero-order valence-electron chi connectivity index (χ0n) is 14.0. The minimum atomic E-state index is -0.181. The first kappa shape index (κ1) is 15.7. The highest BCUT2D eigenvalue weighted by Crippen LogP contribution is 2.21. The number of aromatic nitrogens is 4. The summed E-state index contributed by atoms with van der Waals surface area (Å²) in [5.41, 5.74) is 2.00. The van der Waals surface area contributed by atoms with Crippen LogP contribution in [-0.4, -0.2) is 57.1 Å². The molecule has 128 valence electrons. The normalized spacial score (nSPS) is 15.6. The van der Waals surface area contributed by atoms with Crippen LogP contribution in [0.5, 0.6) is 0 Å². The Hall–Kier alpha value is -2.80. The molecule has 0 spiro atoms. The summed E-state index contributed by atoms with van der Waals surface area (Å²) >= 11 is 0. The molecular weight excluding hydrogens is 316 g/mol. The second-order valence-corrected chi connectivity index (χ2v) is 6.19. The van der Waals surface area contributed by atoms with Crippen molar-refractivity contribution in [3.63, 3.8) is 0 Å². The number of benzene rings is 1. The Bertz CT molecular complexity index is 916. The van der Waals surface area contributed by atoms with Crippen molar-refractivity contribution in [3.05, 3.63) is 59.7 Å². The number of nitrogens with zero attached hydrogens (tertiary/aromatic N) is 6. The topological polar surface area (TPSA) is 67.2 Å². The van der Waals surface area contributed by atoms with E-state index in [9.17, 15) is 4.79 Å². The van der Waals surface area contributed by atoms with Gasteiger partial charge in [0.1, 0.15) is 6.33 Å². The van der Waals surface area contributed by atoms with Gasteiger partial charge in [-0.1, -0.05) is 0 Å². The summed E-state index contributed by atoms with van der Waals surface area (Å²) in [6.07, 6.45) is 6.76. The van der Waals surface area contributed by atoms with Crippen LogP contribution in [-0.2, 0) is 6.54 Å². The summed E-state index contributed by atoms with van der Waals surface area (Å²) in [5.74, 6) is 0. The summed E-state index contributed by atoms with van der Waals surface area (Å²) in [5, 5.41) is 1.07. The molecular formula is C18H20N6O. The van der Waals surface area contributed by atoms with Crippen LogP contribution in [0.15, 0.2) is 54.0 Å². The molecule has 3 aromatic rings. The Labute approximate surface area is 145 Å². The summed E-state index contributed by atoms with van der Waals surface area (Å²) in [6.45, 7) is 5.46. The minimum absolute atomic E-state index is 0.181. The standard InChI is InChI=1S/C18H20N6O/c25-18-20-4-1-5-24(18)11-8-22-6-9-23(10-7-22)16-2-3-17-15(12-16)13-19-14-21-17/h1-5,12-14H,6-11H2.